The number of amides is 3. The van der Waals surface area contributed by atoms with E-state index in [4.69, 9.17) is 16.3 Å². The molecule has 2 aliphatic heterocycles. The second-order valence-electron chi connectivity index (χ2n) is 11.0. The molecule has 220 valence electrons. The molecule has 3 aromatic carbocycles. The number of nitrogens with one attached hydrogen (secondary N) is 3. The summed E-state index contributed by atoms with van der Waals surface area (Å²) in [5, 5.41) is 9.85. The summed E-state index contributed by atoms with van der Waals surface area (Å²) >= 11 is 6.39. The van der Waals surface area contributed by atoms with Crippen molar-refractivity contribution in [3.63, 3.8) is 0 Å². The number of rotatable bonds is 7. The van der Waals surface area contributed by atoms with Crippen LogP contribution in [0.3, 0.4) is 0 Å². The second-order valence-corrected chi connectivity index (χ2v) is 11.4. The highest BCUT2D eigenvalue weighted by molar-refractivity contribution is 6.30. The van der Waals surface area contributed by atoms with Crippen LogP contribution in [0.1, 0.15) is 69.2 Å². The van der Waals surface area contributed by atoms with Crippen LogP contribution in [-0.4, -0.2) is 50.0 Å². The summed E-state index contributed by atoms with van der Waals surface area (Å²) in [6, 6.07) is 18.3. The number of carbonyl (C=O) groups excluding carboxylic acids is 3. The van der Waals surface area contributed by atoms with Crippen LogP contribution in [0, 0.1) is 13.8 Å². The van der Waals surface area contributed by atoms with Gasteiger partial charge in [0, 0.05) is 45.7 Å². The van der Waals surface area contributed by atoms with E-state index in [9.17, 15) is 14.4 Å². The molecule has 2 heterocycles. The molecule has 0 aromatic heterocycles. The molecule has 0 spiro atoms. The van der Waals surface area contributed by atoms with E-state index >= 15 is 0 Å². The molecule has 5 rings (SSSR count). The van der Waals surface area contributed by atoms with Crippen molar-refractivity contribution in [3.8, 4) is 0 Å². The number of nitrogens with zero attached hydrogens (tertiary/aromatic N) is 1. The molecule has 3 aromatic rings. The van der Waals surface area contributed by atoms with Crippen LogP contribution < -0.4 is 20.9 Å². The van der Waals surface area contributed by atoms with Gasteiger partial charge in [-0.1, -0.05) is 29.8 Å². The molecule has 0 aliphatic carbocycles. The van der Waals surface area contributed by atoms with E-state index in [1.807, 2.05) is 50.2 Å². The number of piperidine rings is 1. The first-order chi connectivity index (χ1) is 20.3. The average molecular weight is 589 g/mol. The third-order valence-electron chi connectivity index (χ3n) is 7.94. The minimum absolute atomic E-state index is 0.0523. The number of carbonyl (C=O) groups is 3. The third kappa shape index (κ3) is 7.01. The normalized spacial score (nSPS) is 17.2. The van der Waals surface area contributed by atoms with Gasteiger partial charge in [0.25, 0.3) is 11.8 Å². The van der Waals surface area contributed by atoms with Crippen LogP contribution in [0.5, 0.6) is 0 Å². The lowest BCUT2D eigenvalue weighted by atomic mass is 10.0. The zero-order chi connectivity index (χ0) is 29.6. The van der Waals surface area contributed by atoms with Crippen molar-refractivity contribution < 1.29 is 19.1 Å². The molecule has 2 aliphatic rings. The number of fused-ring (bicyclic) bond motifs is 1. The highest BCUT2D eigenvalue weighted by atomic mass is 35.5. The number of hydrogen-bond acceptors (Lipinski definition) is 5. The average Bonchev–Trinajstić information content (AvgIpc) is 3.15. The van der Waals surface area contributed by atoms with Gasteiger partial charge in [-0.15, -0.1) is 0 Å². The summed E-state index contributed by atoms with van der Waals surface area (Å²) in [6.45, 7) is 6.00. The van der Waals surface area contributed by atoms with Gasteiger partial charge in [-0.05, 0) is 106 Å². The summed E-state index contributed by atoms with van der Waals surface area (Å²) in [6.07, 6.45) is 2.80. The fourth-order valence-electron chi connectivity index (χ4n) is 5.69. The van der Waals surface area contributed by atoms with Gasteiger partial charge in [0.15, 0.2) is 0 Å². The van der Waals surface area contributed by atoms with E-state index in [1.54, 1.807) is 29.2 Å². The van der Waals surface area contributed by atoms with Gasteiger partial charge in [-0.25, -0.2) is 0 Å². The molecule has 0 bridgehead atoms. The monoisotopic (exact) mass is 588 g/mol. The minimum atomic E-state index is -0.365. The van der Waals surface area contributed by atoms with Crippen molar-refractivity contribution in [2.45, 2.75) is 51.7 Å². The van der Waals surface area contributed by atoms with Gasteiger partial charge < -0.3 is 25.6 Å². The molecule has 0 saturated carbocycles. The maximum Gasteiger partial charge on any atom is 0.258 e. The summed E-state index contributed by atoms with van der Waals surface area (Å²) < 4.78 is 6.14. The molecule has 42 heavy (non-hydrogen) atoms. The summed E-state index contributed by atoms with van der Waals surface area (Å²) in [5.41, 5.74) is 4.94. The van der Waals surface area contributed by atoms with Crippen LogP contribution >= 0.6 is 11.6 Å². The number of halogens is 1. The highest BCUT2D eigenvalue weighted by Gasteiger charge is 2.29. The summed E-state index contributed by atoms with van der Waals surface area (Å²) in [5.74, 6) is -0.467. The minimum Gasteiger partial charge on any atom is -0.364 e. The van der Waals surface area contributed by atoms with E-state index in [0.29, 0.717) is 41.2 Å². The molecule has 3 amide bonds. The Balaban J connectivity index is 1.30. The molecular weight excluding hydrogens is 552 g/mol. The third-order valence-corrected chi connectivity index (χ3v) is 8.18. The quantitative estimate of drug-likeness (QED) is 0.335. The first kappa shape index (κ1) is 29.8. The smallest absolute Gasteiger partial charge is 0.258 e. The summed E-state index contributed by atoms with van der Waals surface area (Å²) in [7, 11) is 0. The number of hydrogen-bond donors (Lipinski definition) is 3. The Kier molecular flexibility index (Phi) is 9.57. The zero-order valence-corrected chi connectivity index (χ0v) is 24.8. The zero-order valence-electron chi connectivity index (χ0n) is 24.0. The Hall–Kier alpha value is -3.72. The Morgan fingerprint density at radius 1 is 0.952 bits per heavy atom. The highest BCUT2D eigenvalue weighted by Crippen LogP contribution is 2.38. The first-order valence-electron chi connectivity index (χ1n) is 14.5. The van der Waals surface area contributed by atoms with E-state index in [0.717, 1.165) is 48.3 Å². The molecular formula is C33H37ClN4O4. The Bertz CT molecular complexity index is 1470. The van der Waals surface area contributed by atoms with Crippen LogP contribution in [0.15, 0.2) is 60.7 Å². The molecule has 1 fully saturated rings. The van der Waals surface area contributed by atoms with Crippen molar-refractivity contribution in [2.24, 2.45) is 0 Å². The van der Waals surface area contributed by atoms with Crippen LogP contribution in [0.2, 0.25) is 5.02 Å². The molecule has 1 saturated heterocycles. The van der Waals surface area contributed by atoms with Crippen molar-refractivity contribution in [1.82, 2.24) is 10.6 Å². The first-order valence-corrected chi connectivity index (χ1v) is 14.9. The van der Waals surface area contributed by atoms with Gasteiger partial charge in [-0.3, -0.25) is 14.4 Å². The molecule has 9 heteroatoms. The Morgan fingerprint density at radius 3 is 2.50 bits per heavy atom. The van der Waals surface area contributed by atoms with E-state index in [-0.39, 0.29) is 36.5 Å². The fraction of sp³-hybridized carbons (Fsp3) is 0.364. The second kappa shape index (κ2) is 13.5. The number of benzene rings is 3. The van der Waals surface area contributed by atoms with Gasteiger partial charge >= 0.3 is 0 Å². The topological polar surface area (TPSA) is 99.8 Å². The maximum absolute atomic E-state index is 13.9. The van der Waals surface area contributed by atoms with Gasteiger partial charge in [0.1, 0.15) is 6.61 Å². The van der Waals surface area contributed by atoms with Crippen molar-refractivity contribution in [2.75, 3.05) is 36.5 Å². The van der Waals surface area contributed by atoms with Crippen LogP contribution in [0.4, 0.5) is 11.4 Å². The van der Waals surface area contributed by atoms with Gasteiger partial charge in [-0.2, -0.15) is 0 Å². The number of anilines is 2. The van der Waals surface area contributed by atoms with Crippen LogP contribution in [-0.2, 0) is 9.53 Å². The predicted molar refractivity (Wildman–Crippen MR) is 165 cm³/mol. The molecule has 1 atom stereocenters. The lowest BCUT2D eigenvalue weighted by Gasteiger charge is -2.26. The molecule has 3 N–H and O–H groups in total. The number of ether oxygens (including phenoxy) is 1. The van der Waals surface area contributed by atoms with Crippen molar-refractivity contribution in [3.05, 3.63) is 93.5 Å². The van der Waals surface area contributed by atoms with E-state index in [1.165, 1.54) is 0 Å². The van der Waals surface area contributed by atoms with E-state index in [2.05, 4.69) is 16.0 Å². The number of aryl methyl sites for hydroxylation is 2. The van der Waals surface area contributed by atoms with Gasteiger partial charge in [0.2, 0.25) is 5.91 Å². The SMILES string of the molecule is Cc1ccccc1C(=O)Nc1ccc(C(=O)N2CCCC(OCC(=O)NC3CCNCC3)c3cc(Cl)ccc32)c(C)c1. The standard InChI is InChI=1S/C33H37ClN4O4/c1-21-6-3-4-7-26(21)32(40)37-25-10-11-27(22(2)18-25)33(41)38-17-5-8-30(28-19-23(34)9-12-29(28)38)42-20-31(39)36-24-13-15-35-16-14-24/h3-4,6-7,9-12,18-19,24,30,35H,5,8,13-17,20H2,1-2H3,(H,36,39)(H,37,40). The summed E-state index contributed by atoms with van der Waals surface area (Å²) in [4.78, 5) is 41.1. The Labute approximate surface area is 251 Å². The van der Waals surface area contributed by atoms with E-state index < -0.39 is 0 Å². The molecule has 1 unspecified atom stereocenters. The molecule has 0 radical (unpaired) electrons. The Morgan fingerprint density at radius 2 is 1.74 bits per heavy atom. The van der Waals surface area contributed by atoms with Crippen molar-refractivity contribution in [1.29, 1.82) is 0 Å². The molecule has 8 nitrogen and oxygen atoms in total. The predicted octanol–water partition coefficient (Wildman–Crippen LogP) is 5.58. The lowest BCUT2D eigenvalue weighted by molar-refractivity contribution is -0.128. The fourth-order valence-corrected chi connectivity index (χ4v) is 5.87. The lowest BCUT2D eigenvalue weighted by Crippen LogP contribution is -2.44. The van der Waals surface area contributed by atoms with Crippen molar-refractivity contribution >= 4 is 40.7 Å². The van der Waals surface area contributed by atoms with Crippen LogP contribution in [0.25, 0.3) is 0 Å². The maximum atomic E-state index is 13.9. The van der Waals surface area contributed by atoms with Gasteiger partial charge in [0.05, 0.1) is 6.10 Å². The largest absolute Gasteiger partial charge is 0.364 e.